The number of fused-ring (bicyclic) bond motifs is 1. The number of hydrogen-bond acceptors (Lipinski definition) is 3. The van der Waals surface area contributed by atoms with Gasteiger partial charge in [0.2, 0.25) is 0 Å². The van der Waals surface area contributed by atoms with Crippen LogP contribution in [0.5, 0.6) is 11.5 Å². The molecule has 0 unspecified atom stereocenters. The van der Waals surface area contributed by atoms with Gasteiger partial charge >= 0.3 is 0 Å². The van der Waals surface area contributed by atoms with Crippen LogP contribution >= 0.6 is 15.9 Å². The number of ether oxygens (including phenoxy) is 2. The molecule has 1 aliphatic rings. The second-order valence-corrected chi connectivity index (χ2v) is 3.62. The molecule has 68 valence electrons. The first kappa shape index (κ1) is 8.56. The lowest BCUT2D eigenvalue weighted by atomic mass is 10.1. The van der Waals surface area contributed by atoms with Crippen LogP contribution in [0.3, 0.4) is 0 Å². The van der Waals surface area contributed by atoms with Crippen molar-refractivity contribution < 1.29 is 14.3 Å². The zero-order chi connectivity index (χ0) is 9.26. The Morgan fingerprint density at radius 1 is 1.54 bits per heavy atom. The average Bonchev–Trinajstić information content (AvgIpc) is 2.52. The summed E-state index contributed by atoms with van der Waals surface area (Å²) in [5, 5.41) is 0. The molecule has 0 spiro atoms. The number of hydrogen-bond donors (Lipinski definition) is 0. The minimum absolute atomic E-state index is 0.406. The number of carbonyl (C=O) groups is 1. The Kier molecular flexibility index (Phi) is 2.22. The highest BCUT2D eigenvalue weighted by atomic mass is 79.9. The van der Waals surface area contributed by atoms with E-state index in [1.54, 1.807) is 6.07 Å². The molecule has 0 N–H and O–H groups in total. The van der Waals surface area contributed by atoms with Crippen molar-refractivity contribution in [1.82, 2.24) is 0 Å². The van der Waals surface area contributed by atoms with E-state index in [0.29, 0.717) is 24.6 Å². The number of rotatable bonds is 2. The third-order valence-corrected chi connectivity index (χ3v) is 2.35. The lowest BCUT2D eigenvalue weighted by Gasteiger charge is -2.05. The summed E-state index contributed by atoms with van der Waals surface area (Å²) in [4.78, 5) is 10.2. The molecule has 0 fully saturated rings. The van der Waals surface area contributed by atoms with Gasteiger partial charge in [0.05, 0.1) is 6.61 Å². The smallest absolute Gasteiger partial charge is 0.298 e. The standard InChI is InChI=1S/C9H7BrO3/c10-7-3-6-1-2-12-9(6)8(4-7)13-5-11/h3-5H,1-2H2. The van der Waals surface area contributed by atoms with E-state index in [-0.39, 0.29) is 0 Å². The lowest BCUT2D eigenvalue weighted by molar-refractivity contribution is -0.120. The summed E-state index contributed by atoms with van der Waals surface area (Å²) >= 11 is 3.33. The van der Waals surface area contributed by atoms with E-state index in [0.717, 1.165) is 16.5 Å². The Morgan fingerprint density at radius 3 is 3.15 bits per heavy atom. The Hall–Kier alpha value is -1.03. The predicted octanol–water partition coefficient (Wildman–Crippen LogP) is 1.92. The van der Waals surface area contributed by atoms with E-state index < -0.39 is 0 Å². The van der Waals surface area contributed by atoms with E-state index >= 15 is 0 Å². The third kappa shape index (κ3) is 1.54. The molecule has 0 aromatic heterocycles. The van der Waals surface area contributed by atoms with Gasteiger partial charge in [0.15, 0.2) is 11.5 Å². The first-order valence-corrected chi connectivity index (χ1v) is 4.66. The molecule has 0 amide bonds. The molecular formula is C9H7BrO3. The molecule has 0 saturated carbocycles. The Bertz CT molecular complexity index is 349. The third-order valence-electron chi connectivity index (χ3n) is 1.89. The Labute approximate surface area is 83.8 Å². The van der Waals surface area contributed by atoms with E-state index in [1.165, 1.54) is 0 Å². The van der Waals surface area contributed by atoms with E-state index in [9.17, 15) is 4.79 Å². The minimum atomic E-state index is 0.406. The maximum absolute atomic E-state index is 10.2. The number of carbonyl (C=O) groups excluding carboxylic acids is 1. The van der Waals surface area contributed by atoms with Crippen molar-refractivity contribution in [2.45, 2.75) is 6.42 Å². The topological polar surface area (TPSA) is 35.5 Å². The molecule has 0 aliphatic carbocycles. The van der Waals surface area contributed by atoms with Crippen molar-refractivity contribution in [2.24, 2.45) is 0 Å². The number of benzene rings is 1. The highest BCUT2D eigenvalue weighted by Gasteiger charge is 2.18. The minimum Gasteiger partial charge on any atom is -0.489 e. The molecule has 4 heteroatoms. The van der Waals surface area contributed by atoms with Gasteiger partial charge in [0.1, 0.15) is 0 Å². The first-order chi connectivity index (χ1) is 6.31. The van der Waals surface area contributed by atoms with E-state index in [1.807, 2.05) is 6.07 Å². The zero-order valence-electron chi connectivity index (χ0n) is 6.75. The molecule has 3 nitrogen and oxygen atoms in total. The second-order valence-electron chi connectivity index (χ2n) is 2.70. The van der Waals surface area contributed by atoms with Crippen molar-refractivity contribution in [3.05, 3.63) is 22.2 Å². The molecule has 1 heterocycles. The fraction of sp³-hybridized carbons (Fsp3) is 0.222. The van der Waals surface area contributed by atoms with Crippen molar-refractivity contribution in [1.29, 1.82) is 0 Å². The van der Waals surface area contributed by atoms with E-state index in [2.05, 4.69) is 15.9 Å². The Morgan fingerprint density at radius 2 is 2.38 bits per heavy atom. The lowest BCUT2D eigenvalue weighted by Crippen LogP contribution is -1.93. The van der Waals surface area contributed by atoms with Crippen LogP contribution in [-0.2, 0) is 11.2 Å². The van der Waals surface area contributed by atoms with Gasteiger partial charge in [-0.05, 0) is 12.1 Å². The van der Waals surface area contributed by atoms with Crippen LogP contribution in [0, 0.1) is 0 Å². The van der Waals surface area contributed by atoms with Crippen LogP contribution in [0.2, 0.25) is 0 Å². The van der Waals surface area contributed by atoms with Gasteiger partial charge in [-0.3, -0.25) is 4.79 Å². The number of halogens is 1. The maximum atomic E-state index is 10.2. The molecule has 1 aliphatic heterocycles. The molecular weight excluding hydrogens is 236 g/mol. The van der Waals surface area contributed by atoms with Gasteiger partial charge in [0.25, 0.3) is 6.47 Å². The molecule has 0 atom stereocenters. The van der Waals surface area contributed by atoms with Gasteiger partial charge in [0, 0.05) is 16.5 Å². The molecule has 1 aromatic carbocycles. The van der Waals surface area contributed by atoms with Crippen LogP contribution < -0.4 is 9.47 Å². The quantitative estimate of drug-likeness (QED) is 0.744. The van der Waals surface area contributed by atoms with Crippen LogP contribution in [-0.4, -0.2) is 13.1 Å². The summed E-state index contributed by atoms with van der Waals surface area (Å²) < 4.78 is 11.0. The van der Waals surface area contributed by atoms with Gasteiger partial charge in [-0.15, -0.1) is 0 Å². The monoisotopic (exact) mass is 242 g/mol. The second kappa shape index (κ2) is 3.38. The van der Waals surface area contributed by atoms with Crippen molar-refractivity contribution in [2.75, 3.05) is 6.61 Å². The fourth-order valence-corrected chi connectivity index (χ4v) is 1.86. The summed E-state index contributed by atoms with van der Waals surface area (Å²) in [5.41, 5.74) is 1.08. The summed E-state index contributed by atoms with van der Waals surface area (Å²) in [7, 11) is 0. The van der Waals surface area contributed by atoms with Crippen molar-refractivity contribution in [3.8, 4) is 11.5 Å². The van der Waals surface area contributed by atoms with Crippen molar-refractivity contribution >= 4 is 22.4 Å². The van der Waals surface area contributed by atoms with Crippen LogP contribution in [0.4, 0.5) is 0 Å². The molecule has 1 aromatic rings. The summed E-state index contributed by atoms with van der Waals surface area (Å²) in [6.07, 6.45) is 0.865. The normalized spacial score (nSPS) is 13.3. The Balaban J connectivity index is 2.48. The predicted molar refractivity (Wildman–Crippen MR) is 50.0 cm³/mol. The molecule has 0 saturated heterocycles. The van der Waals surface area contributed by atoms with Crippen LogP contribution in [0.1, 0.15) is 5.56 Å². The highest BCUT2D eigenvalue weighted by molar-refractivity contribution is 9.10. The fourth-order valence-electron chi connectivity index (χ4n) is 1.37. The molecule has 0 radical (unpaired) electrons. The van der Waals surface area contributed by atoms with Gasteiger partial charge in [-0.25, -0.2) is 0 Å². The highest BCUT2D eigenvalue weighted by Crippen LogP contribution is 2.38. The van der Waals surface area contributed by atoms with Gasteiger partial charge in [-0.1, -0.05) is 15.9 Å². The van der Waals surface area contributed by atoms with Crippen LogP contribution in [0.25, 0.3) is 0 Å². The first-order valence-electron chi connectivity index (χ1n) is 3.87. The summed E-state index contributed by atoms with van der Waals surface area (Å²) in [6, 6.07) is 3.69. The molecule has 2 rings (SSSR count). The zero-order valence-corrected chi connectivity index (χ0v) is 8.33. The van der Waals surface area contributed by atoms with Gasteiger partial charge in [-0.2, -0.15) is 0 Å². The average molecular weight is 243 g/mol. The SMILES string of the molecule is O=COc1cc(Br)cc2c1OCC2. The summed E-state index contributed by atoms with van der Waals surface area (Å²) in [6.45, 7) is 1.06. The van der Waals surface area contributed by atoms with Crippen molar-refractivity contribution in [3.63, 3.8) is 0 Å². The molecule has 0 bridgehead atoms. The molecule has 13 heavy (non-hydrogen) atoms. The van der Waals surface area contributed by atoms with E-state index in [4.69, 9.17) is 9.47 Å². The van der Waals surface area contributed by atoms with Gasteiger partial charge < -0.3 is 9.47 Å². The summed E-state index contributed by atoms with van der Waals surface area (Å²) in [5.74, 6) is 1.17. The van der Waals surface area contributed by atoms with Crippen LogP contribution in [0.15, 0.2) is 16.6 Å². The largest absolute Gasteiger partial charge is 0.489 e. The maximum Gasteiger partial charge on any atom is 0.298 e.